The minimum atomic E-state index is -3.70. The van der Waals surface area contributed by atoms with Gasteiger partial charge in [-0.15, -0.1) is 0 Å². The maximum atomic E-state index is 13.2. The van der Waals surface area contributed by atoms with Gasteiger partial charge in [0.1, 0.15) is 25.1 Å². The molecular formula is C23H26N2O6S. The van der Waals surface area contributed by atoms with Crippen molar-refractivity contribution in [2.24, 2.45) is 0 Å². The molecule has 8 nitrogen and oxygen atoms in total. The van der Waals surface area contributed by atoms with E-state index in [4.69, 9.17) is 14.2 Å². The molecule has 5 rings (SSSR count). The summed E-state index contributed by atoms with van der Waals surface area (Å²) in [5.74, 6) is 1.74. The van der Waals surface area contributed by atoms with Gasteiger partial charge in [0, 0.05) is 43.7 Å². The Morgan fingerprint density at radius 3 is 2.44 bits per heavy atom. The third-order valence-electron chi connectivity index (χ3n) is 6.45. The van der Waals surface area contributed by atoms with E-state index in [1.165, 1.54) is 16.4 Å². The second kappa shape index (κ2) is 7.97. The monoisotopic (exact) mass is 458 g/mol. The van der Waals surface area contributed by atoms with Crippen LogP contribution in [0, 0.1) is 0 Å². The van der Waals surface area contributed by atoms with E-state index in [0.29, 0.717) is 49.1 Å². The number of sulfonamides is 1. The fraction of sp³-hybridized carbons (Fsp3) is 0.435. The topological polar surface area (TPSA) is 85.4 Å². The molecule has 0 spiro atoms. The SMILES string of the molecule is C[C@H]1Oc2c(C(=O)N3CCN(S(=O)(=O)c4ccc5c(c4)OCCO5)CC3)cccc2[C@@H]1C. The lowest BCUT2D eigenvalue weighted by atomic mass is 9.96. The summed E-state index contributed by atoms with van der Waals surface area (Å²) in [4.78, 5) is 15.1. The minimum Gasteiger partial charge on any atom is -0.489 e. The van der Waals surface area contributed by atoms with Gasteiger partial charge in [-0.2, -0.15) is 4.31 Å². The molecule has 2 atom stereocenters. The number of carbonyl (C=O) groups excluding carboxylic acids is 1. The zero-order valence-corrected chi connectivity index (χ0v) is 18.9. The number of nitrogens with zero attached hydrogens (tertiary/aromatic N) is 2. The van der Waals surface area contributed by atoms with Crippen molar-refractivity contribution >= 4 is 15.9 Å². The van der Waals surface area contributed by atoms with Gasteiger partial charge in [0.15, 0.2) is 11.5 Å². The Bertz CT molecular complexity index is 1160. The molecule has 3 heterocycles. The van der Waals surface area contributed by atoms with Gasteiger partial charge in [-0.05, 0) is 25.1 Å². The molecule has 0 radical (unpaired) electrons. The molecule has 0 aromatic heterocycles. The molecule has 9 heteroatoms. The quantitative estimate of drug-likeness (QED) is 0.703. The second-order valence-electron chi connectivity index (χ2n) is 8.34. The maximum absolute atomic E-state index is 13.2. The van der Waals surface area contributed by atoms with Crippen LogP contribution in [0.5, 0.6) is 17.2 Å². The largest absolute Gasteiger partial charge is 0.489 e. The van der Waals surface area contributed by atoms with Crippen molar-refractivity contribution in [3.63, 3.8) is 0 Å². The van der Waals surface area contributed by atoms with Gasteiger partial charge in [0.25, 0.3) is 5.91 Å². The van der Waals surface area contributed by atoms with Crippen molar-refractivity contribution < 1.29 is 27.4 Å². The van der Waals surface area contributed by atoms with Crippen molar-refractivity contribution in [3.8, 4) is 17.2 Å². The van der Waals surface area contributed by atoms with Crippen molar-refractivity contribution in [1.29, 1.82) is 0 Å². The molecule has 0 N–H and O–H groups in total. The smallest absolute Gasteiger partial charge is 0.257 e. The molecule has 3 aliphatic rings. The number of hydrogen-bond donors (Lipinski definition) is 0. The molecule has 170 valence electrons. The standard InChI is InChI=1S/C23H26N2O6S/c1-15-16(2)31-22-18(15)4-3-5-19(22)23(26)24-8-10-25(11-9-24)32(27,28)17-6-7-20-21(14-17)30-13-12-29-20/h3-7,14-16H,8-13H2,1-2H3/t15-,16-/m1/s1. The van der Waals surface area contributed by atoms with Gasteiger partial charge < -0.3 is 19.1 Å². The minimum absolute atomic E-state index is 0.0203. The summed E-state index contributed by atoms with van der Waals surface area (Å²) in [5, 5.41) is 0. The second-order valence-corrected chi connectivity index (χ2v) is 10.3. The molecular weight excluding hydrogens is 432 g/mol. The molecule has 0 unspecified atom stereocenters. The summed E-state index contributed by atoms with van der Waals surface area (Å²) in [6.45, 7) is 6.02. The third kappa shape index (κ3) is 3.49. The summed E-state index contributed by atoms with van der Waals surface area (Å²) < 4.78 is 44.7. The molecule has 1 saturated heterocycles. The summed E-state index contributed by atoms with van der Waals surface area (Å²) in [6, 6.07) is 10.3. The first-order valence-corrected chi connectivity index (χ1v) is 12.3. The number of benzene rings is 2. The van der Waals surface area contributed by atoms with Crippen LogP contribution in [0.1, 0.15) is 35.7 Å². The predicted molar refractivity (Wildman–Crippen MR) is 117 cm³/mol. The first-order chi connectivity index (χ1) is 15.4. The lowest BCUT2D eigenvalue weighted by Crippen LogP contribution is -2.50. The van der Waals surface area contributed by atoms with E-state index in [2.05, 4.69) is 6.92 Å². The van der Waals surface area contributed by atoms with Crippen LogP contribution in [0.25, 0.3) is 0 Å². The number of rotatable bonds is 3. The van der Waals surface area contributed by atoms with Crippen LogP contribution in [0.2, 0.25) is 0 Å². The van der Waals surface area contributed by atoms with E-state index >= 15 is 0 Å². The van der Waals surface area contributed by atoms with Gasteiger partial charge in [-0.1, -0.05) is 19.1 Å². The van der Waals surface area contributed by atoms with Crippen molar-refractivity contribution in [1.82, 2.24) is 9.21 Å². The normalized spacial score (nSPS) is 22.9. The van der Waals surface area contributed by atoms with Crippen LogP contribution in [0.3, 0.4) is 0 Å². The molecule has 0 saturated carbocycles. The van der Waals surface area contributed by atoms with E-state index in [9.17, 15) is 13.2 Å². The number of para-hydroxylation sites is 1. The number of hydrogen-bond acceptors (Lipinski definition) is 6. The van der Waals surface area contributed by atoms with E-state index in [1.807, 2.05) is 19.1 Å². The Kier molecular flexibility index (Phi) is 5.25. The average Bonchev–Trinajstić information content (AvgIpc) is 3.12. The summed E-state index contributed by atoms with van der Waals surface area (Å²) >= 11 is 0. The van der Waals surface area contributed by atoms with E-state index in [-0.39, 0.29) is 35.9 Å². The number of ether oxygens (including phenoxy) is 3. The molecule has 3 aliphatic heterocycles. The highest BCUT2D eigenvalue weighted by atomic mass is 32.2. The van der Waals surface area contributed by atoms with Gasteiger partial charge in [0.2, 0.25) is 10.0 Å². The van der Waals surface area contributed by atoms with Crippen LogP contribution in [-0.2, 0) is 10.0 Å². The highest BCUT2D eigenvalue weighted by molar-refractivity contribution is 7.89. The molecule has 2 aromatic carbocycles. The Morgan fingerprint density at radius 2 is 1.69 bits per heavy atom. The van der Waals surface area contributed by atoms with Crippen LogP contribution in [0.4, 0.5) is 0 Å². The zero-order valence-electron chi connectivity index (χ0n) is 18.1. The van der Waals surface area contributed by atoms with Crippen LogP contribution in [-0.4, -0.2) is 69.0 Å². The first kappa shape index (κ1) is 21.1. The Labute approximate surface area is 187 Å². The number of piperazine rings is 1. The fourth-order valence-electron chi connectivity index (χ4n) is 4.39. The van der Waals surface area contributed by atoms with Crippen LogP contribution >= 0.6 is 0 Å². The Hall–Kier alpha value is -2.78. The van der Waals surface area contributed by atoms with Gasteiger partial charge >= 0.3 is 0 Å². The number of amides is 1. The molecule has 0 aliphatic carbocycles. The van der Waals surface area contributed by atoms with Crippen molar-refractivity contribution in [2.75, 3.05) is 39.4 Å². The van der Waals surface area contributed by atoms with Crippen LogP contribution in [0.15, 0.2) is 41.3 Å². The lowest BCUT2D eigenvalue weighted by molar-refractivity contribution is 0.0692. The summed E-state index contributed by atoms with van der Waals surface area (Å²) in [7, 11) is -3.70. The average molecular weight is 459 g/mol. The van der Waals surface area contributed by atoms with Crippen molar-refractivity contribution in [2.45, 2.75) is 30.8 Å². The van der Waals surface area contributed by atoms with E-state index < -0.39 is 10.0 Å². The summed E-state index contributed by atoms with van der Waals surface area (Å²) in [5.41, 5.74) is 1.59. The van der Waals surface area contributed by atoms with E-state index in [0.717, 1.165) is 5.56 Å². The Balaban J connectivity index is 1.30. The highest BCUT2D eigenvalue weighted by Gasteiger charge is 2.35. The Morgan fingerprint density at radius 1 is 0.969 bits per heavy atom. The molecule has 1 amide bonds. The zero-order chi connectivity index (χ0) is 22.5. The molecule has 32 heavy (non-hydrogen) atoms. The highest BCUT2D eigenvalue weighted by Crippen LogP contribution is 2.40. The molecule has 0 bridgehead atoms. The lowest BCUT2D eigenvalue weighted by Gasteiger charge is -2.34. The first-order valence-electron chi connectivity index (χ1n) is 10.8. The van der Waals surface area contributed by atoms with Gasteiger partial charge in [0.05, 0.1) is 10.5 Å². The summed E-state index contributed by atoms with van der Waals surface area (Å²) in [6.07, 6.45) is 0.0203. The van der Waals surface area contributed by atoms with Crippen molar-refractivity contribution in [3.05, 3.63) is 47.5 Å². The predicted octanol–water partition coefficient (Wildman–Crippen LogP) is 2.49. The maximum Gasteiger partial charge on any atom is 0.257 e. The number of carbonyl (C=O) groups is 1. The van der Waals surface area contributed by atoms with Crippen LogP contribution < -0.4 is 14.2 Å². The van der Waals surface area contributed by atoms with Gasteiger partial charge in [-0.3, -0.25) is 4.79 Å². The fourth-order valence-corrected chi connectivity index (χ4v) is 5.83. The molecule has 1 fully saturated rings. The molecule has 2 aromatic rings. The van der Waals surface area contributed by atoms with E-state index in [1.54, 1.807) is 17.0 Å². The van der Waals surface area contributed by atoms with Gasteiger partial charge in [-0.25, -0.2) is 8.42 Å². The number of fused-ring (bicyclic) bond motifs is 2. The third-order valence-corrected chi connectivity index (χ3v) is 8.35.